The Hall–Kier alpha value is -1.97. The third-order valence-electron chi connectivity index (χ3n) is 3.94. The van der Waals surface area contributed by atoms with Crippen LogP contribution in [0.4, 0.5) is 5.69 Å². The lowest BCUT2D eigenvalue weighted by atomic mass is 10.1. The molecule has 0 spiro atoms. The van der Waals surface area contributed by atoms with E-state index in [4.69, 9.17) is 5.73 Å². The number of nitrogens with one attached hydrogen (secondary N) is 1. The number of thiophene rings is 1. The molecule has 3 N–H and O–H groups in total. The number of nitrogens with zero attached hydrogens (tertiary/aromatic N) is 2. The molecule has 0 saturated carbocycles. The number of carbonyl (C=O) groups excluding carboxylic acids is 1. The minimum Gasteiger partial charge on any atom is -0.371 e. The van der Waals surface area contributed by atoms with Crippen LogP contribution in [0.25, 0.3) is 0 Å². The lowest BCUT2D eigenvalue weighted by Crippen LogP contribution is -2.44. The van der Waals surface area contributed by atoms with E-state index in [1.165, 1.54) is 11.3 Å². The van der Waals surface area contributed by atoms with Crippen molar-refractivity contribution >= 4 is 33.0 Å². The van der Waals surface area contributed by atoms with Crippen LogP contribution in [0.15, 0.2) is 40.1 Å². The van der Waals surface area contributed by atoms with Gasteiger partial charge in [-0.15, -0.1) is 11.3 Å². The van der Waals surface area contributed by atoms with E-state index < -0.39 is 15.9 Å². The van der Waals surface area contributed by atoms with Gasteiger partial charge >= 0.3 is 0 Å². The summed E-state index contributed by atoms with van der Waals surface area (Å²) in [7, 11) is -3.44. The number of hydrogen-bond acceptors (Lipinski definition) is 6. The molecule has 9 heteroatoms. The number of sulfonamides is 1. The molecule has 3 heterocycles. The zero-order valence-electron chi connectivity index (χ0n) is 12.9. The maximum absolute atomic E-state index is 12.3. The quantitative estimate of drug-likeness (QED) is 0.827. The Kier molecular flexibility index (Phi) is 4.83. The zero-order valence-corrected chi connectivity index (χ0v) is 14.5. The van der Waals surface area contributed by atoms with Crippen molar-refractivity contribution in [3.05, 3.63) is 41.5 Å². The van der Waals surface area contributed by atoms with Gasteiger partial charge in [0.15, 0.2) is 0 Å². The number of amides is 1. The maximum atomic E-state index is 12.3. The Morgan fingerprint density at radius 1 is 1.33 bits per heavy atom. The van der Waals surface area contributed by atoms with E-state index in [1.54, 1.807) is 29.8 Å². The number of hydrogen-bond donors (Lipinski definition) is 2. The molecule has 1 aliphatic heterocycles. The van der Waals surface area contributed by atoms with Gasteiger partial charge in [-0.05, 0) is 36.4 Å². The summed E-state index contributed by atoms with van der Waals surface area (Å²) >= 11 is 1.21. The molecule has 1 saturated heterocycles. The first-order valence-electron chi connectivity index (χ1n) is 7.52. The lowest BCUT2D eigenvalue weighted by Gasteiger charge is -2.33. The maximum Gasteiger partial charge on any atom is 0.267 e. The van der Waals surface area contributed by atoms with E-state index in [2.05, 4.69) is 14.6 Å². The number of piperidine rings is 1. The number of anilines is 1. The van der Waals surface area contributed by atoms with E-state index in [9.17, 15) is 13.2 Å². The standard InChI is InChI=1S/C15H18N4O3S2/c16-15(20)13-10-12(3-6-17-13)19-7-4-11(5-8-19)18-24(21,22)14-2-1-9-23-14/h1-3,6,9-11,18H,4-5,7-8H2,(H2,16,20). The molecule has 0 atom stereocenters. The van der Waals surface area contributed by atoms with Crippen LogP contribution in [0.3, 0.4) is 0 Å². The van der Waals surface area contributed by atoms with Gasteiger partial charge in [0, 0.05) is 31.0 Å². The van der Waals surface area contributed by atoms with Gasteiger partial charge in [-0.25, -0.2) is 13.1 Å². The van der Waals surface area contributed by atoms with Gasteiger partial charge in [0.1, 0.15) is 9.90 Å². The second-order valence-electron chi connectivity index (χ2n) is 5.58. The van der Waals surface area contributed by atoms with Crippen molar-refractivity contribution in [2.24, 2.45) is 5.73 Å². The fourth-order valence-electron chi connectivity index (χ4n) is 2.70. The van der Waals surface area contributed by atoms with Gasteiger partial charge in [-0.1, -0.05) is 6.07 Å². The van der Waals surface area contributed by atoms with E-state index in [-0.39, 0.29) is 11.7 Å². The average molecular weight is 366 g/mol. The van der Waals surface area contributed by atoms with Gasteiger partial charge in [0.25, 0.3) is 5.91 Å². The van der Waals surface area contributed by atoms with Crippen LogP contribution in [0.1, 0.15) is 23.3 Å². The lowest BCUT2D eigenvalue weighted by molar-refractivity contribution is 0.0995. The second-order valence-corrected chi connectivity index (χ2v) is 8.47. The van der Waals surface area contributed by atoms with Crippen LogP contribution in [0, 0.1) is 0 Å². The fourth-order valence-corrected chi connectivity index (χ4v) is 5.01. The van der Waals surface area contributed by atoms with Crippen molar-refractivity contribution in [2.75, 3.05) is 18.0 Å². The first kappa shape index (κ1) is 16.9. The van der Waals surface area contributed by atoms with Gasteiger partial charge in [-0.2, -0.15) is 0 Å². The van der Waals surface area contributed by atoms with Crippen LogP contribution >= 0.6 is 11.3 Å². The summed E-state index contributed by atoms with van der Waals surface area (Å²) in [6.07, 6.45) is 2.94. The molecule has 1 aliphatic rings. The molecule has 7 nitrogen and oxygen atoms in total. The summed E-state index contributed by atoms with van der Waals surface area (Å²) < 4.78 is 27.6. The van der Waals surface area contributed by atoms with Crippen LogP contribution < -0.4 is 15.4 Å². The predicted molar refractivity (Wildman–Crippen MR) is 92.6 cm³/mol. The number of carbonyl (C=O) groups is 1. The zero-order chi connectivity index (χ0) is 17.2. The fraction of sp³-hybridized carbons (Fsp3) is 0.333. The second kappa shape index (κ2) is 6.88. The van der Waals surface area contributed by atoms with E-state index in [0.29, 0.717) is 30.1 Å². The number of nitrogens with two attached hydrogens (primary N) is 1. The molecule has 2 aromatic heterocycles. The molecule has 0 aromatic carbocycles. The third-order valence-corrected chi connectivity index (χ3v) is 6.86. The molecular formula is C15H18N4O3S2. The summed E-state index contributed by atoms with van der Waals surface area (Å²) in [6.45, 7) is 1.39. The minimum atomic E-state index is -3.44. The van der Waals surface area contributed by atoms with Crippen LogP contribution in [0.2, 0.25) is 0 Å². The first-order valence-corrected chi connectivity index (χ1v) is 9.88. The van der Waals surface area contributed by atoms with Gasteiger partial charge in [-0.3, -0.25) is 9.78 Å². The average Bonchev–Trinajstić information content (AvgIpc) is 3.11. The van der Waals surface area contributed by atoms with Gasteiger partial charge < -0.3 is 10.6 Å². The number of aromatic nitrogens is 1. The summed E-state index contributed by atoms with van der Waals surface area (Å²) in [4.78, 5) is 17.3. The van der Waals surface area contributed by atoms with E-state index in [1.807, 2.05) is 6.07 Å². The SMILES string of the molecule is NC(=O)c1cc(N2CCC(NS(=O)(=O)c3cccs3)CC2)ccn1. The predicted octanol–water partition coefficient (Wildman–Crippen LogP) is 1.19. The Morgan fingerprint density at radius 2 is 2.08 bits per heavy atom. The normalized spacial score (nSPS) is 16.2. The Balaban J connectivity index is 1.62. The highest BCUT2D eigenvalue weighted by molar-refractivity contribution is 7.91. The molecular weight excluding hydrogens is 348 g/mol. The molecule has 0 bridgehead atoms. The molecule has 2 aromatic rings. The summed E-state index contributed by atoms with van der Waals surface area (Å²) in [6, 6.07) is 6.72. The van der Waals surface area contributed by atoms with Crippen molar-refractivity contribution in [3.8, 4) is 0 Å². The highest BCUT2D eigenvalue weighted by Crippen LogP contribution is 2.22. The van der Waals surface area contributed by atoms with Crippen molar-refractivity contribution in [1.82, 2.24) is 9.71 Å². The molecule has 0 unspecified atom stereocenters. The molecule has 3 rings (SSSR count). The van der Waals surface area contributed by atoms with Gasteiger partial charge in [0.2, 0.25) is 10.0 Å². The summed E-state index contributed by atoms with van der Waals surface area (Å²) in [5.74, 6) is -0.560. The summed E-state index contributed by atoms with van der Waals surface area (Å²) in [5, 5.41) is 1.75. The largest absolute Gasteiger partial charge is 0.371 e. The number of rotatable bonds is 5. The molecule has 0 aliphatic carbocycles. The molecule has 24 heavy (non-hydrogen) atoms. The first-order chi connectivity index (χ1) is 11.5. The molecule has 1 fully saturated rings. The number of pyridine rings is 1. The van der Waals surface area contributed by atoms with Gasteiger partial charge in [0.05, 0.1) is 0 Å². The Labute approximate surface area is 144 Å². The van der Waals surface area contributed by atoms with Crippen LogP contribution in [-0.2, 0) is 10.0 Å². The topological polar surface area (TPSA) is 105 Å². The Bertz CT molecular complexity index is 813. The van der Waals surface area contributed by atoms with Crippen LogP contribution in [0.5, 0.6) is 0 Å². The molecule has 128 valence electrons. The minimum absolute atomic E-state index is 0.0919. The highest BCUT2D eigenvalue weighted by Gasteiger charge is 2.25. The molecule has 1 amide bonds. The van der Waals surface area contributed by atoms with Crippen molar-refractivity contribution in [3.63, 3.8) is 0 Å². The van der Waals surface area contributed by atoms with E-state index >= 15 is 0 Å². The van der Waals surface area contributed by atoms with Crippen molar-refractivity contribution in [1.29, 1.82) is 0 Å². The van der Waals surface area contributed by atoms with Crippen LogP contribution in [-0.4, -0.2) is 38.4 Å². The smallest absolute Gasteiger partial charge is 0.267 e. The number of primary amides is 1. The van der Waals surface area contributed by atoms with Crippen molar-refractivity contribution in [2.45, 2.75) is 23.1 Å². The van der Waals surface area contributed by atoms with Crippen molar-refractivity contribution < 1.29 is 13.2 Å². The summed E-state index contributed by atoms with van der Waals surface area (Å²) in [5.41, 5.74) is 6.36. The Morgan fingerprint density at radius 3 is 2.71 bits per heavy atom. The monoisotopic (exact) mass is 366 g/mol. The third kappa shape index (κ3) is 3.74. The highest BCUT2D eigenvalue weighted by atomic mass is 32.2. The van der Waals surface area contributed by atoms with E-state index in [0.717, 1.165) is 5.69 Å². The molecule has 0 radical (unpaired) electrons.